The quantitative estimate of drug-likeness (QED) is 0.583. The molecule has 9 heteroatoms. The van der Waals surface area contributed by atoms with Gasteiger partial charge in [-0.15, -0.1) is 11.8 Å². The molecule has 0 unspecified atom stereocenters. The number of carbonyl (C=O) groups excluding carboxylic acids is 2. The number of hydrogen-bond donors (Lipinski definition) is 1. The minimum Gasteiger partial charge on any atom is -0.495 e. The van der Waals surface area contributed by atoms with Crippen LogP contribution in [-0.4, -0.2) is 78.8 Å². The molecule has 176 valence electrons. The van der Waals surface area contributed by atoms with E-state index in [1.54, 1.807) is 19.4 Å². The van der Waals surface area contributed by atoms with Crippen LogP contribution in [0.15, 0.2) is 53.6 Å². The summed E-state index contributed by atoms with van der Waals surface area (Å²) in [5, 5.41) is 3.78. The molecule has 3 heterocycles. The second kappa shape index (κ2) is 9.90. The van der Waals surface area contributed by atoms with Crippen LogP contribution in [0, 0.1) is 0 Å². The van der Waals surface area contributed by atoms with E-state index < -0.39 is 0 Å². The Morgan fingerprint density at radius 3 is 2.82 bits per heavy atom. The number of rotatable bonds is 6. The summed E-state index contributed by atoms with van der Waals surface area (Å²) in [6, 6.07) is 13.3. The van der Waals surface area contributed by atoms with Crippen molar-refractivity contribution in [2.24, 2.45) is 0 Å². The van der Waals surface area contributed by atoms with E-state index >= 15 is 0 Å². The largest absolute Gasteiger partial charge is 0.495 e. The van der Waals surface area contributed by atoms with Crippen LogP contribution in [0.1, 0.15) is 10.4 Å². The van der Waals surface area contributed by atoms with E-state index in [0.29, 0.717) is 36.8 Å². The van der Waals surface area contributed by atoms with Crippen molar-refractivity contribution in [3.63, 3.8) is 0 Å². The molecule has 3 aromatic rings. The molecule has 0 atom stereocenters. The number of thioether (sulfide) groups is 1. The Morgan fingerprint density at radius 2 is 2.00 bits per heavy atom. The number of nitrogens with zero attached hydrogens (tertiary/aromatic N) is 3. The third-order valence-corrected chi connectivity index (χ3v) is 7.15. The van der Waals surface area contributed by atoms with Gasteiger partial charge in [0.1, 0.15) is 18.1 Å². The number of nitrogens with one attached hydrogen (secondary N) is 1. The van der Waals surface area contributed by atoms with Crippen molar-refractivity contribution in [1.29, 1.82) is 0 Å². The van der Waals surface area contributed by atoms with Crippen molar-refractivity contribution in [1.82, 2.24) is 14.8 Å². The van der Waals surface area contributed by atoms with Gasteiger partial charge in [-0.05, 0) is 36.4 Å². The van der Waals surface area contributed by atoms with E-state index in [9.17, 15) is 9.59 Å². The molecule has 2 amide bonds. The number of methoxy groups -OCH3 is 1. The second-order valence-corrected chi connectivity index (χ2v) is 9.25. The Kier molecular flexibility index (Phi) is 6.55. The van der Waals surface area contributed by atoms with Crippen molar-refractivity contribution >= 4 is 40.2 Å². The van der Waals surface area contributed by atoms with Gasteiger partial charge < -0.3 is 19.7 Å². The minimum absolute atomic E-state index is 0.000671. The van der Waals surface area contributed by atoms with Gasteiger partial charge in [-0.2, -0.15) is 0 Å². The number of piperazine rings is 1. The maximum atomic E-state index is 13.0. The summed E-state index contributed by atoms with van der Waals surface area (Å²) in [7, 11) is 1.62. The number of amides is 2. The van der Waals surface area contributed by atoms with Crippen LogP contribution in [0.3, 0.4) is 0 Å². The Hall–Kier alpha value is -3.30. The lowest BCUT2D eigenvalue weighted by Crippen LogP contribution is -2.49. The SMILES string of the molecule is COc1cnc2cccc(OCCN3CCN(C(=O)c4ccc5c(c4)NC(=O)CS5)CC3)c2c1. The zero-order chi connectivity index (χ0) is 23.5. The number of aromatic nitrogens is 1. The average Bonchev–Trinajstić information content (AvgIpc) is 2.88. The van der Waals surface area contributed by atoms with Crippen LogP contribution in [0.25, 0.3) is 10.9 Å². The zero-order valence-electron chi connectivity index (χ0n) is 19.0. The molecule has 0 saturated carbocycles. The van der Waals surface area contributed by atoms with Gasteiger partial charge in [0, 0.05) is 48.6 Å². The standard InChI is InChI=1S/C25H26N4O4S/c1-32-18-14-19-20(26-15-18)3-2-4-22(19)33-12-11-28-7-9-29(10-8-28)25(31)17-5-6-23-21(13-17)27-24(30)16-34-23/h2-6,13-15H,7-12,16H2,1H3,(H,27,30). The van der Waals surface area contributed by atoms with Gasteiger partial charge in [-0.25, -0.2) is 0 Å². The molecule has 1 saturated heterocycles. The molecule has 1 fully saturated rings. The molecule has 0 bridgehead atoms. The Balaban J connectivity index is 1.14. The fraction of sp³-hybridized carbons (Fsp3) is 0.320. The molecular formula is C25H26N4O4S. The molecule has 34 heavy (non-hydrogen) atoms. The van der Waals surface area contributed by atoms with Crippen LogP contribution in [0.2, 0.25) is 0 Å². The molecule has 1 aromatic heterocycles. The number of benzene rings is 2. The molecule has 0 spiro atoms. The lowest BCUT2D eigenvalue weighted by atomic mass is 10.1. The van der Waals surface area contributed by atoms with Crippen LogP contribution in [-0.2, 0) is 4.79 Å². The fourth-order valence-electron chi connectivity index (χ4n) is 4.20. The van der Waals surface area contributed by atoms with E-state index in [1.165, 1.54) is 11.8 Å². The number of pyridine rings is 1. The Morgan fingerprint density at radius 1 is 1.15 bits per heavy atom. The lowest BCUT2D eigenvalue weighted by molar-refractivity contribution is -0.113. The molecule has 5 rings (SSSR count). The molecule has 2 aromatic carbocycles. The first kappa shape index (κ1) is 22.5. The smallest absolute Gasteiger partial charge is 0.254 e. The van der Waals surface area contributed by atoms with Crippen LogP contribution in [0.5, 0.6) is 11.5 Å². The van der Waals surface area contributed by atoms with Crippen molar-refractivity contribution in [3.05, 3.63) is 54.2 Å². The van der Waals surface area contributed by atoms with Crippen molar-refractivity contribution in [3.8, 4) is 11.5 Å². The molecule has 2 aliphatic rings. The fourth-order valence-corrected chi connectivity index (χ4v) is 4.99. The number of hydrogen-bond acceptors (Lipinski definition) is 7. The third kappa shape index (κ3) is 4.80. The molecule has 8 nitrogen and oxygen atoms in total. The zero-order valence-corrected chi connectivity index (χ0v) is 19.8. The Bertz CT molecular complexity index is 1230. The average molecular weight is 479 g/mol. The van der Waals surface area contributed by atoms with Gasteiger partial charge in [0.15, 0.2) is 0 Å². The minimum atomic E-state index is -0.0307. The highest BCUT2D eigenvalue weighted by atomic mass is 32.2. The van der Waals surface area contributed by atoms with Gasteiger partial charge in [0.2, 0.25) is 5.91 Å². The molecule has 1 N–H and O–H groups in total. The van der Waals surface area contributed by atoms with Gasteiger partial charge >= 0.3 is 0 Å². The van der Waals surface area contributed by atoms with Crippen molar-refractivity contribution < 1.29 is 19.1 Å². The van der Waals surface area contributed by atoms with Crippen LogP contribution in [0.4, 0.5) is 5.69 Å². The Labute approximate surface area is 202 Å². The van der Waals surface area contributed by atoms with Crippen LogP contribution >= 0.6 is 11.8 Å². The number of carbonyl (C=O) groups is 2. The van der Waals surface area contributed by atoms with Crippen LogP contribution < -0.4 is 14.8 Å². The third-order valence-electron chi connectivity index (χ3n) is 6.08. The summed E-state index contributed by atoms with van der Waals surface area (Å²) in [6.45, 7) is 4.22. The highest BCUT2D eigenvalue weighted by molar-refractivity contribution is 8.00. The van der Waals surface area contributed by atoms with Gasteiger partial charge in [-0.3, -0.25) is 19.5 Å². The monoisotopic (exact) mass is 478 g/mol. The normalized spacial score (nSPS) is 16.1. The summed E-state index contributed by atoms with van der Waals surface area (Å²) in [6.07, 6.45) is 1.70. The predicted octanol–water partition coefficient (Wildman–Crippen LogP) is 3.12. The molecule has 0 radical (unpaired) electrons. The van der Waals surface area contributed by atoms with Gasteiger partial charge in [-0.1, -0.05) is 6.07 Å². The summed E-state index contributed by atoms with van der Waals surface area (Å²) < 4.78 is 11.4. The summed E-state index contributed by atoms with van der Waals surface area (Å²) >= 11 is 1.50. The summed E-state index contributed by atoms with van der Waals surface area (Å²) in [4.78, 5) is 34.3. The van der Waals surface area contributed by atoms with E-state index in [2.05, 4.69) is 15.2 Å². The lowest BCUT2D eigenvalue weighted by Gasteiger charge is -2.34. The van der Waals surface area contributed by atoms with E-state index in [-0.39, 0.29) is 11.8 Å². The summed E-state index contributed by atoms with van der Waals surface area (Å²) in [5.74, 6) is 1.87. The number of anilines is 1. The van der Waals surface area contributed by atoms with E-state index in [4.69, 9.17) is 9.47 Å². The highest BCUT2D eigenvalue weighted by Gasteiger charge is 2.24. The second-order valence-electron chi connectivity index (χ2n) is 8.23. The maximum absolute atomic E-state index is 13.0. The van der Waals surface area contributed by atoms with Crippen molar-refractivity contribution in [2.75, 3.05) is 57.5 Å². The number of ether oxygens (including phenoxy) is 2. The highest BCUT2D eigenvalue weighted by Crippen LogP contribution is 2.32. The topological polar surface area (TPSA) is 84.0 Å². The van der Waals surface area contributed by atoms with Gasteiger partial charge in [0.25, 0.3) is 5.91 Å². The van der Waals surface area contributed by atoms with Crippen molar-refractivity contribution in [2.45, 2.75) is 4.90 Å². The predicted molar refractivity (Wildman–Crippen MR) is 132 cm³/mol. The molecular weight excluding hydrogens is 452 g/mol. The summed E-state index contributed by atoms with van der Waals surface area (Å²) in [5.41, 5.74) is 2.20. The van der Waals surface area contributed by atoms with Gasteiger partial charge in [0.05, 0.1) is 30.3 Å². The maximum Gasteiger partial charge on any atom is 0.254 e. The first-order chi connectivity index (χ1) is 16.6. The first-order valence-corrected chi connectivity index (χ1v) is 12.2. The van der Waals surface area contributed by atoms with E-state index in [1.807, 2.05) is 41.3 Å². The molecule has 0 aliphatic carbocycles. The molecule has 2 aliphatic heterocycles. The number of fused-ring (bicyclic) bond motifs is 2. The van der Waals surface area contributed by atoms with E-state index in [0.717, 1.165) is 46.9 Å². The first-order valence-electron chi connectivity index (χ1n) is 11.2.